The number of hydrogen-bond donors (Lipinski definition) is 2. The molecule has 1 aromatic heterocycles. The molecule has 0 aliphatic rings. The monoisotopic (exact) mass is 362 g/mol. The van der Waals surface area contributed by atoms with Crippen LogP contribution in [0.5, 0.6) is 0 Å². The summed E-state index contributed by atoms with van der Waals surface area (Å²) in [6.07, 6.45) is 0. The molecular weight excluding hydrogens is 348 g/mol. The van der Waals surface area contributed by atoms with Gasteiger partial charge in [0.1, 0.15) is 0 Å². The van der Waals surface area contributed by atoms with Gasteiger partial charge in [0, 0.05) is 20.3 Å². The maximum Gasteiger partial charge on any atom is 0.252 e. The second-order valence-electron chi connectivity index (χ2n) is 4.47. The summed E-state index contributed by atoms with van der Waals surface area (Å²) in [5, 5.41) is 4.91. The van der Waals surface area contributed by atoms with Crippen LogP contribution >= 0.6 is 27.3 Å². The molecule has 0 saturated carbocycles. The summed E-state index contributed by atoms with van der Waals surface area (Å²) in [5.74, 6) is 5.63. The average Bonchev–Trinajstić information content (AvgIpc) is 2.88. The number of carbonyl (C=O) groups is 1. The van der Waals surface area contributed by atoms with E-state index in [1.165, 1.54) is 0 Å². The fourth-order valence-electron chi connectivity index (χ4n) is 1.81. The van der Waals surface area contributed by atoms with E-state index in [0.29, 0.717) is 17.7 Å². The Balaban J connectivity index is 2.14. The Bertz CT molecular complexity index is 713. The third-order valence-electron chi connectivity index (χ3n) is 2.79. The molecule has 0 aliphatic heterocycles. The zero-order valence-electron chi connectivity index (χ0n) is 11.6. The lowest BCUT2D eigenvalue weighted by Crippen LogP contribution is -2.23. The Morgan fingerprint density at radius 1 is 1.43 bits per heavy atom. The van der Waals surface area contributed by atoms with Crippen molar-refractivity contribution >= 4 is 33.2 Å². The van der Waals surface area contributed by atoms with Crippen LogP contribution in [-0.4, -0.2) is 12.5 Å². The van der Waals surface area contributed by atoms with E-state index >= 15 is 0 Å². The van der Waals surface area contributed by atoms with Gasteiger partial charge in [0.15, 0.2) is 0 Å². The number of hydrogen-bond acceptors (Lipinski definition) is 3. The SMILES string of the molecule is Cc1ccc(C(=O)NCc2cc(Br)cs2)c(C#CCN)c1. The first-order valence-electron chi connectivity index (χ1n) is 6.41. The highest BCUT2D eigenvalue weighted by Gasteiger charge is 2.10. The lowest BCUT2D eigenvalue weighted by atomic mass is 10.0. The average molecular weight is 363 g/mol. The largest absolute Gasteiger partial charge is 0.347 e. The van der Waals surface area contributed by atoms with Gasteiger partial charge in [-0.1, -0.05) is 17.9 Å². The Morgan fingerprint density at radius 3 is 2.90 bits per heavy atom. The summed E-state index contributed by atoms with van der Waals surface area (Å²) in [4.78, 5) is 13.4. The normalized spacial score (nSPS) is 9.86. The van der Waals surface area contributed by atoms with Crippen molar-refractivity contribution < 1.29 is 4.79 Å². The molecule has 5 heteroatoms. The van der Waals surface area contributed by atoms with Gasteiger partial charge in [0.05, 0.1) is 18.7 Å². The van der Waals surface area contributed by atoms with Crippen molar-refractivity contribution in [1.29, 1.82) is 0 Å². The zero-order chi connectivity index (χ0) is 15.2. The van der Waals surface area contributed by atoms with Gasteiger partial charge in [-0.15, -0.1) is 11.3 Å². The lowest BCUT2D eigenvalue weighted by Gasteiger charge is -2.07. The molecule has 0 unspecified atom stereocenters. The van der Waals surface area contributed by atoms with E-state index in [-0.39, 0.29) is 12.5 Å². The number of aryl methyl sites for hydroxylation is 1. The number of carbonyl (C=O) groups excluding carboxylic acids is 1. The number of amides is 1. The van der Waals surface area contributed by atoms with Gasteiger partial charge in [-0.25, -0.2) is 0 Å². The summed E-state index contributed by atoms with van der Waals surface area (Å²) < 4.78 is 1.03. The molecule has 21 heavy (non-hydrogen) atoms. The van der Waals surface area contributed by atoms with Crippen molar-refractivity contribution in [1.82, 2.24) is 5.32 Å². The topological polar surface area (TPSA) is 55.1 Å². The first kappa shape index (κ1) is 15.8. The van der Waals surface area contributed by atoms with E-state index in [9.17, 15) is 4.79 Å². The first-order chi connectivity index (χ1) is 10.1. The maximum atomic E-state index is 12.3. The molecule has 0 saturated heterocycles. The number of thiophene rings is 1. The third-order valence-corrected chi connectivity index (χ3v) is 4.49. The first-order valence-corrected chi connectivity index (χ1v) is 8.08. The highest BCUT2D eigenvalue weighted by molar-refractivity contribution is 9.10. The minimum Gasteiger partial charge on any atom is -0.347 e. The van der Waals surface area contributed by atoms with E-state index in [1.54, 1.807) is 17.4 Å². The van der Waals surface area contributed by atoms with E-state index in [2.05, 4.69) is 33.1 Å². The van der Waals surface area contributed by atoms with Crippen LogP contribution in [0.1, 0.15) is 26.4 Å². The Morgan fingerprint density at radius 2 is 2.24 bits per heavy atom. The highest BCUT2D eigenvalue weighted by Crippen LogP contribution is 2.19. The molecule has 0 fully saturated rings. The van der Waals surface area contributed by atoms with Gasteiger partial charge >= 0.3 is 0 Å². The van der Waals surface area contributed by atoms with E-state index < -0.39 is 0 Å². The van der Waals surface area contributed by atoms with Crippen molar-refractivity contribution in [3.05, 3.63) is 55.7 Å². The molecule has 2 rings (SSSR count). The van der Waals surface area contributed by atoms with Crippen molar-refractivity contribution in [3.63, 3.8) is 0 Å². The second kappa shape index (κ2) is 7.41. The number of halogens is 1. The molecule has 0 bridgehead atoms. The molecule has 0 spiro atoms. The Hall–Kier alpha value is -1.61. The molecule has 1 heterocycles. The van der Waals surface area contributed by atoms with E-state index in [4.69, 9.17) is 5.73 Å². The van der Waals surface area contributed by atoms with Crippen LogP contribution in [0, 0.1) is 18.8 Å². The van der Waals surface area contributed by atoms with Gasteiger partial charge in [0.25, 0.3) is 5.91 Å². The van der Waals surface area contributed by atoms with Crippen molar-refractivity contribution in [2.24, 2.45) is 5.73 Å². The Kier molecular flexibility index (Phi) is 5.57. The molecule has 0 atom stereocenters. The van der Waals surface area contributed by atoms with E-state index in [0.717, 1.165) is 14.9 Å². The number of nitrogens with two attached hydrogens (primary N) is 1. The van der Waals surface area contributed by atoms with Crippen LogP contribution in [-0.2, 0) is 6.54 Å². The molecule has 1 aromatic carbocycles. The predicted octanol–water partition coefficient (Wildman–Crippen LogP) is 3.06. The predicted molar refractivity (Wildman–Crippen MR) is 90.3 cm³/mol. The highest BCUT2D eigenvalue weighted by atomic mass is 79.9. The van der Waals surface area contributed by atoms with Gasteiger partial charge in [-0.3, -0.25) is 4.79 Å². The molecule has 0 aliphatic carbocycles. The molecule has 3 N–H and O–H groups in total. The third kappa shape index (κ3) is 4.43. The zero-order valence-corrected chi connectivity index (χ0v) is 14.0. The van der Waals surface area contributed by atoms with Gasteiger partial charge in [-0.05, 0) is 46.6 Å². The number of rotatable bonds is 3. The van der Waals surface area contributed by atoms with Crippen molar-refractivity contribution in [3.8, 4) is 11.8 Å². The summed E-state index contributed by atoms with van der Waals surface area (Å²) in [6, 6.07) is 7.61. The molecule has 1 amide bonds. The van der Waals surface area contributed by atoms with Crippen molar-refractivity contribution in [2.75, 3.05) is 6.54 Å². The fourth-order valence-corrected chi connectivity index (χ4v) is 3.21. The van der Waals surface area contributed by atoms with Gasteiger partial charge in [0.2, 0.25) is 0 Å². The van der Waals surface area contributed by atoms with Crippen LogP contribution in [0.4, 0.5) is 0 Å². The molecule has 3 nitrogen and oxygen atoms in total. The minimum absolute atomic E-state index is 0.124. The lowest BCUT2D eigenvalue weighted by molar-refractivity contribution is 0.0951. The molecule has 2 aromatic rings. The van der Waals surface area contributed by atoms with Gasteiger partial charge < -0.3 is 11.1 Å². The van der Waals surface area contributed by atoms with Crippen molar-refractivity contribution in [2.45, 2.75) is 13.5 Å². The minimum atomic E-state index is -0.124. The second-order valence-corrected chi connectivity index (χ2v) is 6.38. The van der Waals surface area contributed by atoms with Gasteiger partial charge in [-0.2, -0.15) is 0 Å². The maximum absolute atomic E-state index is 12.3. The summed E-state index contributed by atoms with van der Waals surface area (Å²) >= 11 is 5.00. The summed E-state index contributed by atoms with van der Waals surface area (Å²) in [5.41, 5.74) is 7.76. The Labute approximate surface area is 136 Å². The molecular formula is C16H15BrN2OS. The van der Waals surface area contributed by atoms with Crippen LogP contribution < -0.4 is 11.1 Å². The van der Waals surface area contributed by atoms with Crippen LogP contribution in [0.2, 0.25) is 0 Å². The summed E-state index contributed by atoms with van der Waals surface area (Å²) in [6.45, 7) is 2.75. The molecule has 108 valence electrons. The molecule has 0 radical (unpaired) electrons. The van der Waals surface area contributed by atoms with E-state index in [1.807, 2.05) is 30.5 Å². The fraction of sp³-hybridized carbons (Fsp3) is 0.188. The van der Waals surface area contributed by atoms with Crippen LogP contribution in [0.15, 0.2) is 34.1 Å². The number of nitrogens with one attached hydrogen (secondary N) is 1. The van der Waals surface area contributed by atoms with Crippen LogP contribution in [0.25, 0.3) is 0 Å². The standard InChI is InChI=1S/C16H15BrN2OS/c1-11-4-5-15(12(7-11)3-2-6-18)16(20)19-9-14-8-13(17)10-21-14/h4-5,7-8,10H,6,9,18H2,1H3,(H,19,20). The quantitative estimate of drug-likeness (QED) is 0.824. The smallest absolute Gasteiger partial charge is 0.252 e. The summed E-state index contributed by atoms with van der Waals surface area (Å²) in [7, 11) is 0. The van der Waals surface area contributed by atoms with Crippen LogP contribution in [0.3, 0.4) is 0 Å². The number of benzene rings is 1.